The number of benzene rings is 2. The number of rotatable bonds is 7. The van der Waals surface area contributed by atoms with Gasteiger partial charge in [0.05, 0.1) is 31.3 Å². The Hall–Kier alpha value is -3.07. The van der Waals surface area contributed by atoms with Crippen molar-refractivity contribution in [2.45, 2.75) is 19.9 Å². The van der Waals surface area contributed by atoms with Crippen molar-refractivity contribution >= 4 is 11.0 Å². The Kier molecular flexibility index (Phi) is 6.71. The van der Waals surface area contributed by atoms with Crippen molar-refractivity contribution in [3.05, 3.63) is 57.9 Å². The van der Waals surface area contributed by atoms with Crippen molar-refractivity contribution in [1.29, 1.82) is 0 Å². The SMILES string of the molecule is COc1cccc(Oc2c(C)oc3c4c(ccc3c2=O)OCN(CCCN2CCOCC2)C4)c1. The second kappa shape index (κ2) is 10.0. The molecular weight excluding hydrogens is 436 g/mol. The summed E-state index contributed by atoms with van der Waals surface area (Å²) in [6.45, 7) is 8.52. The first-order chi connectivity index (χ1) is 16.6. The number of hydrogen-bond donors (Lipinski definition) is 0. The number of hydrogen-bond acceptors (Lipinski definition) is 8. The maximum atomic E-state index is 13.3. The first kappa shape index (κ1) is 22.7. The van der Waals surface area contributed by atoms with Crippen molar-refractivity contribution in [2.75, 3.05) is 53.2 Å². The fraction of sp³-hybridized carbons (Fsp3) is 0.423. The number of aryl methyl sites for hydroxylation is 1. The number of nitrogens with zero attached hydrogens (tertiary/aromatic N) is 2. The average Bonchev–Trinajstić information content (AvgIpc) is 2.87. The third-order valence-corrected chi connectivity index (χ3v) is 6.34. The molecule has 0 bridgehead atoms. The number of fused-ring (bicyclic) bond motifs is 3. The molecule has 5 rings (SSSR count). The number of ether oxygens (including phenoxy) is 4. The summed E-state index contributed by atoms with van der Waals surface area (Å²) < 4.78 is 28.8. The highest BCUT2D eigenvalue weighted by Crippen LogP contribution is 2.34. The summed E-state index contributed by atoms with van der Waals surface area (Å²) in [5.41, 5.74) is 1.27. The molecule has 3 heterocycles. The van der Waals surface area contributed by atoms with Crippen LogP contribution in [0, 0.1) is 6.92 Å². The van der Waals surface area contributed by atoms with Gasteiger partial charge in [-0.15, -0.1) is 0 Å². The average molecular weight is 467 g/mol. The Balaban J connectivity index is 1.36. The van der Waals surface area contributed by atoms with Crippen LogP contribution in [0.5, 0.6) is 23.0 Å². The molecule has 1 fully saturated rings. The maximum absolute atomic E-state index is 13.3. The molecule has 2 aliphatic rings. The molecule has 0 unspecified atom stereocenters. The van der Waals surface area contributed by atoms with Crippen molar-refractivity contribution in [3.63, 3.8) is 0 Å². The van der Waals surface area contributed by atoms with Gasteiger partial charge in [0.1, 0.15) is 35.3 Å². The second-order valence-electron chi connectivity index (χ2n) is 8.65. The minimum atomic E-state index is -0.200. The van der Waals surface area contributed by atoms with Gasteiger partial charge in [0.15, 0.2) is 0 Å². The van der Waals surface area contributed by atoms with Gasteiger partial charge >= 0.3 is 0 Å². The molecule has 8 nitrogen and oxygen atoms in total. The zero-order valence-electron chi connectivity index (χ0n) is 19.7. The van der Waals surface area contributed by atoms with Gasteiger partial charge in [-0.3, -0.25) is 14.6 Å². The monoisotopic (exact) mass is 466 g/mol. The van der Waals surface area contributed by atoms with Crippen LogP contribution < -0.4 is 19.6 Å². The number of morpholine rings is 1. The summed E-state index contributed by atoms with van der Waals surface area (Å²) in [5.74, 6) is 2.54. The third kappa shape index (κ3) is 4.75. The van der Waals surface area contributed by atoms with Gasteiger partial charge in [0.2, 0.25) is 11.2 Å². The molecule has 2 aromatic carbocycles. The lowest BCUT2D eigenvalue weighted by molar-refractivity contribution is 0.0330. The molecule has 0 radical (unpaired) electrons. The smallest absolute Gasteiger partial charge is 0.235 e. The predicted molar refractivity (Wildman–Crippen MR) is 128 cm³/mol. The van der Waals surface area contributed by atoms with E-state index in [4.69, 9.17) is 23.4 Å². The van der Waals surface area contributed by atoms with Crippen LogP contribution in [0.4, 0.5) is 0 Å². The summed E-state index contributed by atoms with van der Waals surface area (Å²) in [5, 5.41) is 0.487. The molecule has 1 aromatic heterocycles. The Morgan fingerprint density at radius 2 is 1.82 bits per heavy atom. The van der Waals surface area contributed by atoms with Crippen molar-refractivity contribution < 1.29 is 23.4 Å². The van der Waals surface area contributed by atoms with Crippen LogP contribution in [-0.2, 0) is 11.3 Å². The van der Waals surface area contributed by atoms with E-state index < -0.39 is 0 Å². The molecule has 2 aliphatic heterocycles. The fourth-order valence-corrected chi connectivity index (χ4v) is 4.49. The van der Waals surface area contributed by atoms with Gasteiger partial charge in [-0.1, -0.05) is 6.07 Å². The summed E-state index contributed by atoms with van der Waals surface area (Å²) in [4.78, 5) is 18.0. The molecule has 0 aliphatic carbocycles. The molecule has 34 heavy (non-hydrogen) atoms. The summed E-state index contributed by atoms with van der Waals surface area (Å²) >= 11 is 0. The van der Waals surface area contributed by atoms with Gasteiger partial charge in [-0.05, 0) is 44.2 Å². The Morgan fingerprint density at radius 3 is 2.65 bits per heavy atom. The third-order valence-electron chi connectivity index (χ3n) is 6.34. The largest absolute Gasteiger partial charge is 0.497 e. The lowest BCUT2D eigenvalue weighted by atomic mass is 10.1. The van der Waals surface area contributed by atoms with Gasteiger partial charge in [0, 0.05) is 32.2 Å². The number of methoxy groups -OCH3 is 1. The zero-order valence-corrected chi connectivity index (χ0v) is 19.7. The lowest BCUT2D eigenvalue weighted by Gasteiger charge is -2.31. The molecule has 180 valence electrons. The highest BCUT2D eigenvalue weighted by atomic mass is 16.5. The van der Waals surface area contributed by atoms with E-state index >= 15 is 0 Å². The van der Waals surface area contributed by atoms with Gasteiger partial charge in [-0.2, -0.15) is 0 Å². The van der Waals surface area contributed by atoms with E-state index in [1.807, 2.05) is 18.2 Å². The normalized spacial score (nSPS) is 16.8. The summed E-state index contributed by atoms with van der Waals surface area (Å²) in [6.07, 6.45) is 1.05. The standard InChI is InChI=1S/C26H30N2O6/c1-18-25(34-20-6-3-5-19(15-20)30-2)24(29)21-7-8-23-22(26(21)33-18)16-28(17-32-23)10-4-9-27-11-13-31-14-12-27/h3,5-8,15H,4,9-14,16-17H2,1-2H3. The van der Waals surface area contributed by atoms with Crippen LogP contribution >= 0.6 is 0 Å². The quantitative estimate of drug-likeness (QED) is 0.521. The van der Waals surface area contributed by atoms with Crippen LogP contribution in [0.15, 0.2) is 45.6 Å². The van der Waals surface area contributed by atoms with Crippen molar-refractivity contribution in [1.82, 2.24) is 9.80 Å². The van der Waals surface area contributed by atoms with Crippen molar-refractivity contribution in [3.8, 4) is 23.0 Å². The molecule has 0 atom stereocenters. The van der Waals surface area contributed by atoms with Crippen LogP contribution in [0.25, 0.3) is 11.0 Å². The molecule has 0 spiro atoms. The molecule has 0 amide bonds. The molecule has 0 N–H and O–H groups in total. The molecule has 8 heteroatoms. The van der Waals surface area contributed by atoms with Crippen LogP contribution in [0.3, 0.4) is 0 Å². The molecule has 1 saturated heterocycles. The van der Waals surface area contributed by atoms with Crippen molar-refractivity contribution in [2.24, 2.45) is 0 Å². The predicted octanol–water partition coefficient (Wildman–Crippen LogP) is 3.78. The fourth-order valence-electron chi connectivity index (χ4n) is 4.49. The zero-order chi connectivity index (χ0) is 23.5. The minimum absolute atomic E-state index is 0.180. The highest BCUT2D eigenvalue weighted by molar-refractivity contribution is 5.83. The van der Waals surface area contributed by atoms with E-state index in [-0.39, 0.29) is 11.2 Å². The minimum Gasteiger partial charge on any atom is -0.497 e. The summed E-state index contributed by atoms with van der Waals surface area (Å²) in [6, 6.07) is 10.8. The van der Waals surface area contributed by atoms with Gasteiger partial charge in [0.25, 0.3) is 0 Å². The van der Waals surface area contributed by atoms with E-state index in [2.05, 4.69) is 9.80 Å². The Morgan fingerprint density at radius 1 is 1.03 bits per heavy atom. The van der Waals surface area contributed by atoms with Crippen LogP contribution in [-0.4, -0.2) is 63.0 Å². The van der Waals surface area contributed by atoms with E-state index in [0.717, 1.165) is 57.1 Å². The van der Waals surface area contributed by atoms with E-state index in [9.17, 15) is 4.79 Å². The van der Waals surface area contributed by atoms with Gasteiger partial charge in [-0.25, -0.2) is 0 Å². The van der Waals surface area contributed by atoms with Gasteiger partial charge < -0.3 is 23.4 Å². The summed E-state index contributed by atoms with van der Waals surface area (Å²) in [7, 11) is 1.59. The first-order valence-corrected chi connectivity index (χ1v) is 11.7. The van der Waals surface area contributed by atoms with Crippen LogP contribution in [0.2, 0.25) is 0 Å². The topological polar surface area (TPSA) is 73.6 Å². The highest BCUT2D eigenvalue weighted by Gasteiger charge is 2.24. The molecule has 3 aromatic rings. The Labute approximate surface area is 198 Å². The van der Waals surface area contributed by atoms with E-state index in [1.54, 1.807) is 32.2 Å². The lowest BCUT2D eigenvalue weighted by Crippen LogP contribution is -2.39. The maximum Gasteiger partial charge on any atom is 0.235 e. The van der Waals surface area contributed by atoms with E-state index in [0.29, 0.717) is 41.5 Å². The molecule has 0 saturated carbocycles. The Bertz CT molecular complexity index is 1220. The second-order valence-corrected chi connectivity index (χ2v) is 8.65. The van der Waals surface area contributed by atoms with E-state index in [1.165, 1.54) is 0 Å². The first-order valence-electron chi connectivity index (χ1n) is 11.7. The molecular formula is C26H30N2O6. The van der Waals surface area contributed by atoms with Crippen LogP contribution in [0.1, 0.15) is 17.7 Å².